The molecule has 0 fully saturated rings. The van der Waals surface area contributed by atoms with Crippen molar-refractivity contribution in [1.29, 1.82) is 0 Å². The minimum atomic E-state index is 0.0654. The number of Topliss-reactive ketones (excluding diaryl/α,β-unsaturated/α-hetero) is 1. The third-order valence-electron chi connectivity index (χ3n) is 1.73. The molecule has 0 saturated carbocycles. The second kappa shape index (κ2) is 2.78. The van der Waals surface area contributed by atoms with Crippen LogP contribution in [0.2, 0.25) is 0 Å². The number of carbonyl (C=O) groups excluding carboxylic acids is 1. The van der Waals surface area contributed by atoms with Crippen LogP contribution in [-0.2, 0) is 0 Å². The van der Waals surface area contributed by atoms with Gasteiger partial charge < -0.3 is 10.7 Å². The molecule has 0 amide bonds. The van der Waals surface area contributed by atoms with Crippen LogP contribution in [0.15, 0.2) is 6.20 Å². The highest BCUT2D eigenvalue weighted by molar-refractivity contribution is 5.99. The van der Waals surface area contributed by atoms with Gasteiger partial charge >= 0.3 is 0 Å². The fourth-order valence-corrected chi connectivity index (χ4v) is 0.941. The van der Waals surface area contributed by atoms with Crippen molar-refractivity contribution in [3.63, 3.8) is 0 Å². The van der Waals surface area contributed by atoms with Crippen molar-refractivity contribution in [2.24, 2.45) is 0 Å². The average molecular weight is 152 g/mol. The molecule has 0 aromatic carbocycles. The van der Waals surface area contributed by atoms with Crippen LogP contribution in [0.1, 0.15) is 29.4 Å². The Morgan fingerprint density at radius 2 is 2.36 bits per heavy atom. The van der Waals surface area contributed by atoms with Gasteiger partial charge in [-0.25, -0.2) is 0 Å². The second-order valence-corrected chi connectivity index (χ2v) is 2.54. The van der Waals surface area contributed by atoms with E-state index in [1.54, 1.807) is 6.20 Å². The summed E-state index contributed by atoms with van der Waals surface area (Å²) in [7, 11) is 0. The number of nitrogens with two attached hydrogens (primary N) is 1. The van der Waals surface area contributed by atoms with E-state index in [-0.39, 0.29) is 5.78 Å². The first-order valence-corrected chi connectivity index (χ1v) is 3.63. The van der Waals surface area contributed by atoms with Crippen LogP contribution in [0.3, 0.4) is 0 Å². The summed E-state index contributed by atoms with van der Waals surface area (Å²) in [6, 6.07) is 0. The number of aromatic nitrogens is 1. The van der Waals surface area contributed by atoms with Gasteiger partial charge in [0.25, 0.3) is 0 Å². The fourth-order valence-electron chi connectivity index (χ4n) is 0.941. The Morgan fingerprint density at radius 1 is 1.73 bits per heavy atom. The molecule has 3 heteroatoms. The number of nitrogen functional groups attached to an aromatic ring is 1. The number of aromatic amines is 1. The number of carbonyl (C=O) groups is 1. The topological polar surface area (TPSA) is 58.9 Å². The van der Waals surface area contributed by atoms with Gasteiger partial charge in [0.1, 0.15) is 5.69 Å². The maximum atomic E-state index is 11.1. The maximum Gasteiger partial charge on any atom is 0.180 e. The lowest BCUT2D eigenvalue weighted by Crippen LogP contribution is -2.01. The van der Waals surface area contributed by atoms with E-state index in [4.69, 9.17) is 5.73 Å². The fraction of sp³-hybridized carbons (Fsp3) is 0.375. The van der Waals surface area contributed by atoms with Crippen LogP contribution in [0, 0.1) is 6.92 Å². The lowest BCUT2D eigenvalue weighted by atomic mass is 10.2. The Kier molecular flexibility index (Phi) is 1.98. The number of rotatable bonds is 2. The number of aryl methyl sites for hydroxylation is 1. The zero-order chi connectivity index (χ0) is 8.43. The van der Waals surface area contributed by atoms with E-state index in [1.807, 2.05) is 13.8 Å². The normalized spacial score (nSPS) is 10.0. The lowest BCUT2D eigenvalue weighted by Gasteiger charge is -1.95. The zero-order valence-electron chi connectivity index (χ0n) is 6.77. The van der Waals surface area contributed by atoms with Gasteiger partial charge in [-0.3, -0.25) is 4.79 Å². The first kappa shape index (κ1) is 7.85. The number of ketones is 1. The Balaban J connectivity index is 3.04. The molecule has 0 aliphatic rings. The molecule has 0 bridgehead atoms. The number of H-pyrrole nitrogens is 1. The number of nitrogens with one attached hydrogen (secondary N) is 1. The molecule has 0 aliphatic carbocycles. The molecule has 1 heterocycles. The van der Waals surface area contributed by atoms with Crippen molar-refractivity contribution in [2.45, 2.75) is 20.3 Å². The smallest absolute Gasteiger partial charge is 0.180 e. The summed E-state index contributed by atoms with van der Waals surface area (Å²) < 4.78 is 0. The Labute approximate surface area is 65.6 Å². The van der Waals surface area contributed by atoms with E-state index in [0.29, 0.717) is 17.8 Å². The van der Waals surface area contributed by atoms with E-state index in [2.05, 4.69) is 4.98 Å². The zero-order valence-corrected chi connectivity index (χ0v) is 6.77. The monoisotopic (exact) mass is 152 g/mol. The molecular formula is C8H12N2O. The van der Waals surface area contributed by atoms with E-state index < -0.39 is 0 Å². The van der Waals surface area contributed by atoms with Gasteiger partial charge in [0.05, 0.1) is 5.69 Å². The van der Waals surface area contributed by atoms with Crippen molar-refractivity contribution in [1.82, 2.24) is 4.98 Å². The third-order valence-corrected chi connectivity index (χ3v) is 1.73. The van der Waals surface area contributed by atoms with Crippen LogP contribution in [-0.4, -0.2) is 10.8 Å². The van der Waals surface area contributed by atoms with Gasteiger partial charge in [-0.1, -0.05) is 6.92 Å². The summed E-state index contributed by atoms with van der Waals surface area (Å²) in [6.07, 6.45) is 2.24. The molecule has 0 spiro atoms. The molecule has 1 aromatic heterocycles. The molecule has 3 N–H and O–H groups in total. The van der Waals surface area contributed by atoms with Gasteiger partial charge in [-0.2, -0.15) is 0 Å². The van der Waals surface area contributed by atoms with E-state index in [1.165, 1.54) is 0 Å². The van der Waals surface area contributed by atoms with Crippen molar-refractivity contribution in [3.05, 3.63) is 17.5 Å². The van der Waals surface area contributed by atoms with Gasteiger partial charge in [0.2, 0.25) is 0 Å². The predicted molar refractivity (Wildman–Crippen MR) is 44.6 cm³/mol. The summed E-state index contributed by atoms with van der Waals surface area (Å²) in [5, 5.41) is 0. The summed E-state index contributed by atoms with van der Waals surface area (Å²) in [5.41, 5.74) is 7.69. The highest BCUT2D eigenvalue weighted by Crippen LogP contribution is 2.16. The summed E-state index contributed by atoms with van der Waals surface area (Å²) in [6.45, 7) is 3.69. The molecular weight excluding hydrogens is 140 g/mol. The standard InChI is InChI=1S/C8H12N2O/c1-3-6(11)8-7(9)5(2)4-10-8/h4,10H,3,9H2,1-2H3. The molecule has 0 unspecified atom stereocenters. The van der Waals surface area contributed by atoms with Crippen molar-refractivity contribution in [2.75, 3.05) is 5.73 Å². The maximum absolute atomic E-state index is 11.1. The van der Waals surface area contributed by atoms with E-state index >= 15 is 0 Å². The number of anilines is 1. The van der Waals surface area contributed by atoms with Crippen LogP contribution >= 0.6 is 0 Å². The summed E-state index contributed by atoms with van der Waals surface area (Å²) >= 11 is 0. The van der Waals surface area contributed by atoms with Crippen LogP contribution in [0.4, 0.5) is 5.69 Å². The van der Waals surface area contributed by atoms with Crippen LogP contribution in [0.5, 0.6) is 0 Å². The SMILES string of the molecule is CCC(=O)c1[nH]cc(C)c1N. The first-order chi connectivity index (χ1) is 5.16. The molecule has 3 nitrogen and oxygen atoms in total. The Hall–Kier alpha value is -1.25. The molecule has 1 aromatic rings. The molecule has 0 saturated heterocycles. The third kappa shape index (κ3) is 1.27. The van der Waals surface area contributed by atoms with Crippen molar-refractivity contribution >= 4 is 11.5 Å². The van der Waals surface area contributed by atoms with E-state index in [9.17, 15) is 4.79 Å². The van der Waals surface area contributed by atoms with Gasteiger partial charge in [0, 0.05) is 12.6 Å². The number of hydrogen-bond acceptors (Lipinski definition) is 2. The molecule has 60 valence electrons. The Morgan fingerprint density at radius 3 is 2.73 bits per heavy atom. The molecule has 0 atom stereocenters. The highest BCUT2D eigenvalue weighted by atomic mass is 16.1. The van der Waals surface area contributed by atoms with Crippen LogP contribution in [0.25, 0.3) is 0 Å². The molecule has 0 aliphatic heterocycles. The quantitative estimate of drug-likeness (QED) is 0.631. The lowest BCUT2D eigenvalue weighted by molar-refractivity contribution is 0.0985. The van der Waals surface area contributed by atoms with Crippen molar-refractivity contribution in [3.8, 4) is 0 Å². The minimum Gasteiger partial charge on any atom is -0.397 e. The number of hydrogen-bond donors (Lipinski definition) is 2. The molecule has 0 radical (unpaired) electrons. The summed E-state index contributed by atoms with van der Waals surface area (Å²) in [4.78, 5) is 14.0. The van der Waals surface area contributed by atoms with Crippen molar-refractivity contribution < 1.29 is 4.79 Å². The first-order valence-electron chi connectivity index (χ1n) is 3.63. The second-order valence-electron chi connectivity index (χ2n) is 2.54. The average Bonchev–Trinajstić information content (AvgIpc) is 2.32. The van der Waals surface area contributed by atoms with Crippen LogP contribution < -0.4 is 5.73 Å². The largest absolute Gasteiger partial charge is 0.397 e. The van der Waals surface area contributed by atoms with Gasteiger partial charge in [-0.15, -0.1) is 0 Å². The van der Waals surface area contributed by atoms with Gasteiger partial charge in [-0.05, 0) is 12.5 Å². The minimum absolute atomic E-state index is 0.0654. The molecule has 1 rings (SSSR count). The van der Waals surface area contributed by atoms with E-state index in [0.717, 1.165) is 5.56 Å². The highest BCUT2D eigenvalue weighted by Gasteiger charge is 2.10. The predicted octanol–water partition coefficient (Wildman–Crippen LogP) is 1.50. The molecule has 11 heavy (non-hydrogen) atoms. The van der Waals surface area contributed by atoms with Gasteiger partial charge in [0.15, 0.2) is 5.78 Å². The Bertz CT molecular complexity index is 276. The summed E-state index contributed by atoms with van der Waals surface area (Å²) in [5.74, 6) is 0.0654.